The molecular weight excluding hydrogens is 164 g/mol. The van der Waals surface area contributed by atoms with E-state index in [1.165, 1.54) is 6.92 Å². The molecule has 0 aliphatic carbocycles. The molecule has 1 amide bonds. The second-order valence-corrected chi connectivity index (χ2v) is 2.68. The molecule has 0 aliphatic rings. The van der Waals surface area contributed by atoms with Crippen molar-refractivity contribution in [1.82, 2.24) is 10.2 Å². The number of carbonyl (C=O) groups excluding carboxylic acids is 1. The average Bonchev–Trinajstić information content (AvgIpc) is 2.34. The van der Waals surface area contributed by atoms with Gasteiger partial charge in [0.25, 0.3) is 0 Å². The van der Waals surface area contributed by atoms with Crippen molar-refractivity contribution < 1.29 is 4.79 Å². The van der Waals surface area contributed by atoms with Crippen molar-refractivity contribution in [2.45, 2.75) is 6.92 Å². The fourth-order valence-corrected chi connectivity index (χ4v) is 1.06. The number of hydrogen-bond donors (Lipinski definition) is 1. The van der Waals surface area contributed by atoms with Gasteiger partial charge in [-0.05, 0) is 0 Å². The summed E-state index contributed by atoms with van der Waals surface area (Å²) in [5, 5.41) is 18.4. The molecule has 0 fully saturated rings. The summed E-state index contributed by atoms with van der Waals surface area (Å²) in [6, 6.07) is 1.81. The van der Waals surface area contributed by atoms with Gasteiger partial charge < -0.3 is 5.32 Å². The second kappa shape index (κ2) is 3.07. The van der Waals surface area contributed by atoms with Crippen LogP contribution in [-0.4, -0.2) is 16.1 Å². The predicted octanol–water partition coefficient (Wildman–Crippen LogP) is 0.368. The maximum atomic E-state index is 10.5. The third-order valence-electron chi connectivity index (χ3n) is 0.804. The second-order valence-electron chi connectivity index (χ2n) is 1.71. The van der Waals surface area contributed by atoms with Crippen LogP contribution in [0.15, 0.2) is 0 Å². The first-order valence-corrected chi connectivity index (χ1v) is 3.55. The molecule has 1 rings (SSSR count). The summed E-state index contributed by atoms with van der Waals surface area (Å²) in [7, 11) is 0. The lowest BCUT2D eigenvalue weighted by Crippen LogP contribution is -2.04. The standard InChI is InChI=1S/C5H4N4OS/c1-3(10)7-5-9-8-4(2-6)11-5/h1H3,(H,7,9,10). The van der Waals surface area contributed by atoms with E-state index in [0.29, 0.717) is 5.13 Å². The lowest BCUT2D eigenvalue weighted by molar-refractivity contribution is -0.114. The van der Waals surface area contributed by atoms with Gasteiger partial charge in [-0.15, -0.1) is 10.2 Å². The number of amides is 1. The number of carbonyl (C=O) groups is 1. The summed E-state index contributed by atoms with van der Waals surface area (Å²) in [5.74, 6) is -0.217. The number of aromatic nitrogens is 2. The van der Waals surface area contributed by atoms with Crippen molar-refractivity contribution >= 4 is 22.4 Å². The molecule has 0 saturated carbocycles. The van der Waals surface area contributed by atoms with Gasteiger partial charge in [0.1, 0.15) is 6.07 Å². The van der Waals surface area contributed by atoms with Crippen LogP contribution in [0.4, 0.5) is 5.13 Å². The van der Waals surface area contributed by atoms with Gasteiger partial charge in [0.05, 0.1) is 0 Å². The van der Waals surface area contributed by atoms with Crippen LogP contribution in [0.2, 0.25) is 0 Å². The fraction of sp³-hybridized carbons (Fsp3) is 0.200. The molecule has 0 atom stereocenters. The molecule has 1 aromatic heterocycles. The SMILES string of the molecule is CC(=O)Nc1nnc(C#N)s1. The van der Waals surface area contributed by atoms with E-state index in [2.05, 4.69) is 15.5 Å². The number of nitriles is 1. The van der Waals surface area contributed by atoms with Crippen molar-refractivity contribution in [3.8, 4) is 6.07 Å². The highest BCUT2D eigenvalue weighted by molar-refractivity contribution is 7.15. The summed E-state index contributed by atoms with van der Waals surface area (Å²) >= 11 is 1.05. The van der Waals surface area contributed by atoms with E-state index in [9.17, 15) is 4.79 Å². The lowest BCUT2D eigenvalue weighted by atomic mass is 10.7. The molecule has 11 heavy (non-hydrogen) atoms. The zero-order valence-corrected chi connectivity index (χ0v) is 6.47. The highest BCUT2D eigenvalue weighted by atomic mass is 32.1. The molecule has 0 aromatic carbocycles. The average molecular weight is 168 g/mol. The molecule has 1 heterocycles. The van der Waals surface area contributed by atoms with E-state index in [4.69, 9.17) is 5.26 Å². The Kier molecular flexibility index (Phi) is 2.13. The highest BCUT2D eigenvalue weighted by Crippen LogP contribution is 2.12. The summed E-state index contributed by atoms with van der Waals surface area (Å²) < 4.78 is 0. The van der Waals surface area contributed by atoms with E-state index in [1.54, 1.807) is 0 Å². The number of nitrogens with zero attached hydrogens (tertiary/aromatic N) is 3. The van der Waals surface area contributed by atoms with E-state index in [0.717, 1.165) is 11.3 Å². The van der Waals surface area contributed by atoms with E-state index in [-0.39, 0.29) is 10.9 Å². The quantitative estimate of drug-likeness (QED) is 0.657. The third kappa shape index (κ3) is 1.98. The number of rotatable bonds is 1. The van der Waals surface area contributed by atoms with Crippen LogP contribution >= 0.6 is 11.3 Å². The maximum Gasteiger partial charge on any atom is 0.223 e. The summed E-state index contributed by atoms with van der Waals surface area (Å²) in [4.78, 5) is 10.5. The molecule has 6 heteroatoms. The van der Waals surface area contributed by atoms with Crippen molar-refractivity contribution in [3.05, 3.63) is 5.01 Å². The molecule has 0 saturated heterocycles. The molecule has 1 N–H and O–H groups in total. The monoisotopic (exact) mass is 168 g/mol. The Morgan fingerprint density at radius 1 is 1.73 bits per heavy atom. The first-order valence-electron chi connectivity index (χ1n) is 2.73. The van der Waals surface area contributed by atoms with Gasteiger partial charge in [-0.2, -0.15) is 5.26 Å². The maximum absolute atomic E-state index is 10.5. The Labute approximate surface area is 66.7 Å². The molecule has 0 aliphatic heterocycles. The largest absolute Gasteiger partial charge is 0.301 e. The van der Waals surface area contributed by atoms with Crippen molar-refractivity contribution in [3.63, 3.8) is 0 Å². The van der Waals surface area contributed by atoms with Gasteiger partial charge in [0, 0.05) is 6.92 Å². The minimum atomic E-state index is -0.217. The fourth-order valence-electron chi connectivity index (χ4n) is 0.470. The Bertz CT molecular complexity index is 313. The first kappa shape index (κ1) is 7.63. The smallest absolute Gasteiger partial charge is 0.223 e. The van der Waals surface area contributed by atoms with Crippen molar-refractivity contribution in [2.24, 2.45) is 0 Å². The molecule has 0 unspecified atom stereocenters. The topological polar surface area (TPSA) is 78.7 Å². The van der Waals surface area contributed by atoms with Crippen LogP contribution in [0.25, 0.3) is 0 Å². The van der Waals surface area contributed by atoms with E-state index < -0.39 is 0 Å². The van der Waals surface area contributed by atoms with Gasteiger partial charge in [-0.3, -0.25) is 4.79 Å². The lowest BCUT2D eigenvalue weighted by Gasteiger charge is -1.89. The molecule has 0 bridgehead atoms. The van der Waals surface area contributed by atoms with Crippen molar-refractivity contribution in [2.75, 3.05) is 5.32 Å². The van der Waals surface area contributed by atoms with E-state index >= 15 is 0 Å². The van der Waals surface area contributed by atoms with E-state index in [1.807, 2.05) is 6.07 Å². The Balaban J connectivity index is 2.75. The van der Waals surface area contributed by atoms with Gasteiger partial charge in [-0.25, -0.2) is 0 Å². The molecule has 56 valence electrons. The van der Waals surface area contributed by atoms with Gasteiger partial charge in [0.2, 0.25) is 16.0 Å². The van der Waals surface area contributed by atoms with Crippen LogP contribution in [0, 0.1) is 11.3 Å². The van der Waals surface area contributed by atoms with Crippen LogP contribution in [0.5, 0.6) is 0 Å². The van der Waals surface area contributed by atoms with Crippen LogP contribution in [-0.2, 0) is 4.79 Å². The van der Waals surface area contributed by atoms with Crippen LogP contribution < -0.4 is 5.32 Å². The summed E-state index contributed by atoms with van der Waals surface area (Å²) in [6.07, 6.45) is 0. The van der Waals surface area contributed by atoms with Crippen LogP contribution in [0.3, 0.4) is 0 Å². The molecular formula is C5H4N4OS. The zero-order valence-electron chi connectivity index (χ0n) is 5.66. The third-order valence-corrected chi connectivity index (χ3v) is 1.55. The summed E-state index contributed by atoms with van der Waals surface area (Å²) in [6.45, 7) is 1.37. The number of anilines is 1. The Morgan fingerprint density at radius 3 is 2.91 bits per heavy atom. The minimum Gasteiger partial charge on any atom is -0.301 e. The first-order chi connectivity index (χ1) is 5.22. The summed E-state index contributed by atoms with van der Waals surface area (Å²) in [5.41, 5.74) is 0. The molecule has 0 radical (unpaired) electrons. The van der Waals surface area contributed by atoms with Crippen LogP contribution in [0.1, 0.15) is 11.9 Å². The normalized spacial score (nSPS) is 8.73. The number of nitrogens with one attached hydrogen (secondary N) is 1. The Hall–Kier alpha value is -1.48. The van der Waals surface area contributed by atoms with Crippen molar-refractivity contribution in [1.29, 1.82) is 5.26 Å². The van der Waals surface area contributed by atoms with Gasteiger partial charge in [0.15, 0.2) is 0 Å². The highest BCUT2D eigenvalue weighted by Gasteiger charge is 2.02. The predicted molar refractivity (Wildman–Crippen MR) is 38.9 cm³/mol. The molecule has 0 spiro atoms. The molecule has 1 aromatic rings. The Morgan fingerprint density at radius 2 is 2.45 bits per heavy atom. The number of hydrogen-bond acceptors (Lipinski definition) is 5. The van der Waals surface area contributed by atoms with Gasteiger partial charge in [-0.1, -0.05) is 11.3 Å². The minimum absolute atomic E-state index is 0.217. The van der Waals surface area contributed by atoms with Gasteiger partial charge >= 0.3 is 0 Å². The zero-order chi connectivity index (χ0) is 8.27. The molecule has 5 nitrogen and oxygen atoms in total.